The molecule has 6 heteroatoms. The highest BCUT2D eigenvalue weighted by Gasteiger charge is 2.16. The molecule has 0 radical (unpaired) electrons. The van der Waals surface area contributed by atoms with Crippen LogP contribution in [0.3, 0.4) is 0 Å². The molecule has 5 nitrogen and oxygen atoms in total. The summed E-state index contributed by atoms with van der Waals surface area (Å²) in [6, 6.07) is 22.6. The van der Waals surface area contributed by atoms with Crippen molar-refractivity contribution in [2.75, 3.05) is 13.7 Å². The summed E-state index contributed by atoms with van der Waals surface area (Å²) in [7, 11) is 1.61. The third-order valence-corrected chi connectivity index (χ3v) is 5.68. The summed E-state index contributed by atoms with van der Waals surface area (Å²) < 4.78 is 11.5. The molecule has 1 heterocycles. The third-order valence-electron chi connectivity index (χ3n) is 5.44. The highest BCUT2D eigenvalue weighted by molar-refractivity contribution is 6.31. The number of hydrogen-bond donors (Lipinski definition) is 1. The lowest BCUT2D eigenvalue weighted by atomic mass is 10.1. The van der Waals surface area contributed by atoms with Crippen molar-refractivity contribution in [1.82, 2.24) is 4.98 Å². The molecule has 1 aromatic heterocycles. The van der Waals surface area contributed by atoms with E-state index in [1.807, 2.05) is 79.7 Å². The Morgan fingerprint density at radius 1 is 1.06 bits per heavy atom. The van der Waals surface area contributed by atoms with Gasteiger partial charge < -0.3 is 14.6 Å². The molecule has 0 fully saturated rings. The summed E-state index contributed by atoms with van der Waals surface area (Å²) in [5, 5.41) is 11.1. The van der Waals surface area contributed by atoms with Gasteiger partial charge in [-0.1, -0.05) is 59.6 Å². The Morgan fingerprint density at radius 2 is 1.88 bits per heavy atom. The van der Waals surface area contributed by atoms with Crippen molar-refractivity contribution in [2.45, 2.75) is 13.0 Å². The van der Waals surface area contributed by atoms with E-state index < -0.39 is 5.97 Å². The molecule has 1 unspecified atom stereocenters. The number of ether oxygens (including phenoxy) is 2. The lowest BCUT2D eigenvalue weighted by Gasteiger charge is -2.18. The van der Waals surface area contributed by atoms with Crippen LogP contribution in [0.1, 0.15) is 38.8 Å². The Hall–Kier alpha value is -3.67. The monoisotopic (exact) mass is 473 g/mol. The number of carbonyl (C=O) groups is 1. The van der Waals surface area contributed by atoms with Gasteiger partial charge in [0, 0.05) is 17.5 Å². The maximum absolute atomic E-state index is 11.6. The molecule has 1 atom stereocenters. The number of aromatic carboxylic acids is 1. The van der Waals surface area contributed by atoms with Crippen molar-refractivity contribution in [2.24, 2.45) is 0 Å². The van der Waals surface area contributed by atoms with E-state index >= 15 is 0 Å². The maximum Gasteiger partial charge on any atom is 0.339 e. The highest BCUT2D eigenvalue weighted by atomic mass is 35.5. The Kier molecular flexibility index (Phi) is 7.26. The molecule has 0 aliphatic carbocycles. The zero-order valence-corrected chi connectivity index (χ0v) is 19.6. The molecule has 0 saturated heterocycles. The maximum atomic E-state index is 11.6. The van der Waals surface area contributed by atoms with Gasteiger partial charge in [0.25, 0.3) is 0 Å². The van der Waals surface area contributed by atoms with E-state index in [0.29, 0.717) is 10.8 Å². The van der Waals surface area contributed by atoms with Crippen molar-refractivity contribution in [3.63, 3.8) is 0 Å². The molecular weight excluding hydrogens is 450 g/mol. The molecule has 34 heavy (non-hydrogen) atoms. The fourth-order valence-electron chi connectivity index (χ4n) is 3.65. The van der Waals surface area contributed by atoms with Crippen molar-refractivity contribution in [1.29, 1.82) is 0 Å². The molecule has 3 aromatic carbocycles. The molecule has 0 spiro atoms. The zero-order valence-electron chi connectivity index (χ0n) is 18.9. The van der Waals surface area contributed by atoms with Crippen molar-refractivity contribution in [3.8, 4) is 5.75 Å². The van der Waals surface area contributed by atoms with Gasteiger partial charge in [-0.15, -0.1) is 0 Å². The highest BCUT2D eigenvalue weighted by Crippen LogP contribution is 2.25. The largest absolute Gasteiger partial charge is 0.490 e. The average Bonchev–Trinajstić information content (AvgIpc) is 2.83. The minimum atomic E-state index is -1.02. The van der Waals surface area contributed by atoms with Crippen LogP contribution < -0.4 is 4.74 Å². The van der Waals surface area contributed by atoms with Crippen LogP contribution in [0.25, 0.3) is 23.1 Å². The Labute approximate surface area is 203 Å². The van der Waals surface area contributed by atoms with Gasteiger partial charge in [0.2, 0.25) is 0 Å². The Balaban J connectivity index is 1.50. The lowest BCUT2D eigenvalue weighted by Crippen LogP contribution is -2.14. The van der Waals surface area contributed by atoms with E-state index in [9.17, 15) is 9.90 Å². The number of halogens is 1. The van der Waals surface area contributed by atoms with Gasteiger partial charge in [-0.2, -0.15) is 0 Å². The summed E-state index contributed by atoms with van der Waals surface area (Å²) in [5.74, 6) is -0.706. The van der Waals surface area contributed by atoms with E-state index in [-0.39, 0.29) is 18.3 Å². The number of aryl methyl sites for hydroxylation is 1. The third kappa shape index (κ3) is 5.63. The number of fused-ring (bicyclic) bond motifs is 1. The smallest absolute Gasteiger partial charge is 0.339 e. The van der Waals surface area contributed by atoms with E-state index in [2.05, 4.69) is 4.98 Å². The van der Waals surface area contributed by atoms with Gasteiger partial charge >= 0.3 is 5.97 Å². The molecule has 0 aliphatic heterocycles. The van der Waals surface area contributed by atoms with Crippen LogP contribution in [0, 0.1) is 6.92 Å². The van der Waals surface area contributed by atoms with Gasteiger partial charge in [0.15, 0.2) is 0 Å². The van der Waals surface area contributed by atoms with Crippen LogP contribution in [0.5, 0.6) is 5.75 Å². The first kappa shape index (κ1) is 23.5. The van der Waals surface area contributed by atoms with Crippen LogP contribution in [-0.2, 0) is 4.74 Å². The molecule has 4 aromatic rings. The number of pyridine rings is 1. The van der Waals surface area contributed by atoms with E-state index in [0.717, 1.165) is 33.3 Å². The second kappa shape index (κ2) is 10.5. The number of rotatable bonds is 8. The number of benzene rings is 3. The van der Waals surface area contributed by atoms with Gasteiger partial charge in [-0.05, 0) is 60.5 Å². The zero-order chi connectivity index (χ0) is 24.1. The Morgan fingerprint density at radius 3 is 2.68 bits per heavy atom. The molecule has 172 valence electrons. The second-order valence-corrected chi connectivity index (χ2v) is 8.35. The first-order valence-electron chi connectivity index (χ1n) is 10.8. The van der Waals surface area contributed by atoms with Gasteiger partial charge in [0.1, 0.15) is 24.0 Å². The molecule has 1 N–H and O–H groups in total. The molecule has 4 rings (SSSR count). The van der Waals surface area contributed by atoms with Crippen LogP contribution in [0.4, 0.5) is 0 Å². The summed E-state index contributed by atoms with van der Waals surface area (Å²) >= 11 is 6.09. The molecule has 0 amide bonds. The first-order valence-corrected chi connectivity index (χ1v) is 11.1. The Bertz CT molecular complexity index is 1370. The van der Waals surface area contributed by atoms with Crippen LogP contribution in [-0.4, -0.2) is 29.8 Å². The summed E-state index contributed by atoms with van der Waals surface area (Å²) in [6.07, 6.45) is 3.57. The fraction of sp³-hybridized carbons (Fsp3) is 0.143. The standard InChI is InChI=1S/C28H24ClNO4/c1-18-6-13-26(24(14-18)28(31)32)34-17-27(33-2)21-5-3-4-19(15-21)7-11-23-12-9-20-8-10-22(29)16-25(20)30-23/h3-16,27H,17H2,1-2H3,(H,31,32)/b11-7+. The van der Waals surface area contributed by atoms with Crippen molar-refractivity contribution >= 4 is 40.6 Å². The number of hydrogen-bond acceptors (Lipinski definition) is 4. The number of methoxy groups -OCH3 is 1. The molecule has 0 aliphatic rings. The predicted octanol–water partition coefficient (Wildman–Crippen LogP) is 6.83. The quantitative estimate of drug-likeness (QED) is 0.303. The summed E-state index contributed by atoms with van der Waals surface area (Å²) in [4.78, 5) is 16.2. The fourth-order valence-corrected chi connectivity index (χ4v) is 3.81. The average molecular weight is 474 g/mol. The minimum Gasteiger partial charge on any atom is -0.490 e. The van der Waals surface area contributed by atoms with Crippen molar-refractivity contribution in [3.05, 3.63) is 106 Å². The molecule has 0 saturated carbocycles. The van der Waals surface area contributed by atoms with E-state index in [4.69, 9.17) is 21.1 Å². The lowest BCUT2D eigenvalue weighted by molar-refractivity contribution is 0.0553. The van der Waals surface area contributed by atoms with Crippen LogP contribution in [0.15, 0.2) is 72.8 Å². The minimum absolute atomic E-state index is 0.135. The topological polar surface area (TPSA) is 68.7 Å². The number of carboxylic acid groups (broad SMARTS) is 1. The van der Waals surface area contributed by atoms with Crippen LogP contribution >= 0.6 is 11.6 Å². The molecular formula is C28H24ClNO4. The number of aromatic nitrogens is 1. The number of nitrogens with zero attached hydrogens (tertiary/aromatic N) is 1. The first-order chi connectivity index (χ1) is 16.4. The predicted molar refractivity (Wildman–Crippen MR) is 136 cm³/mol. The van der Waals surface area contributed by atoms with E-state index in [1.165, 1.54) is 0 Å². The molecule has 0 bridgehead atoms. The number of carboxylic acids is 1. The van der Waals surface area contributed by atoms with Crippen LogP contribution in [0.2, 0.25) is 5.02 Å². The normalized spacial score (nSPS) is 12.2. The SMILES string of the molecule is COC(COc1ccc(C)cc1C(=O)O)c1cccc(/C=C/c2ccc3ccc(Cl)cc3n2)c1. The summed E-state index contributed by atoms with van der Waals surface area (Å²) in [6.45, 7) is 2.02. The summed E-state index contributed by atoms with van der Waals surface area (Å²) in [5.41, 5.74) is 4.57. The van der Waals surface area contributed by atoms with E-state index in [1.54, 1.807) is 19.2 Å². The van der Waals surface area contributed by atoms with Crippen molar-refractivity contribution < 1.29 is 19.4 Å². The van der Waals surface area contributed by atoms with Gasteiger partial charge in [0.05, 0.1) is 11.2 Å². The van der Waals surface area contributed by atoms with Gasteiger partial charge in [-0.3, -0.25) is 0 Å². The van der Waals surface area contributed by atoms with Gasteiger partial charge in [-0.25, -0.2) is 9.78 Å². The second-order valence-electron chi connectivity index (χ2n) is 7.92.